The van der Waals surface area contributed by atoms with Crippen molar-refractivity contribution in [2.75, 3.05) is 25.1 Å². The number of hydrogen-bond donors (Lipinski definition) is 2. The van der Waals surface area contributed by atoms with E-state index in [-0.39, 0.29) is 11.8 Å². The summed E-state index contributed by atoms with van der Waals surface area (Å²) in [6.45, 7) is 3.69. The first-order chi connectivity index (χ1) is 8.57. The number of rotatable bonds is 8. The number of sulfonamides is 1. The van der Waals surface area contributed by atoms with Crippen LogP contribution in [0.1, 0.15) is 39.0 Å². The van der Waals surface area contributed by atoms with Crippen molar-refractivity contribution in [1.29, 1.82) is 0 Å². The zero-order valence-electron chi connectivity index (χ0n) is 11.4. The molecule has 0 spiro atoms. The average molecular weight is 294 g/mol. The van der Waals surface area contributed by atoms with Gasteiger partial charge in [0, 0.05) is 11.3 Å². The van der Waals surface area contributed by atoms with E-state index in [4.69, 9.17) is 0 Å². The molecular formula is C12H26N2O2S2. The highest BCUT2D eigenvalue weighted by atomic mass is 32.2. The van der Waals surface area contributed by atoms with Crippen LogP contribution in [0.15, 0.2) is 0 Å². The van der Waals surface area contributed by atoms with Crippen LogP contribution in [0.25, 0.3) is 0 Å². The number of nitrogens with one attached hydrogen (secondary N) is 2. The third kappa shape index (κ3) is 6.41. The summed E-state index contributed by atoms with van der Waals surface area (Å²) in [4.78, 5) is 0. The zero-order chi connectivity index (χ0) is 13.4. The molecule has 0 heterocycles. The first kappa shape index (κ1) is 16.3. The second kappa shape index (κ2) is 8.40. The molecule has 0 saturated heterocycles. The number of hydrogen-bond acceptors (Lipinski definition) is 4. The molecule has 2 N–H and O–H groups in total. The van der Waals surface area contributed by atoms with Crippen molar-refractivity contribution in [2.45, 2.75) is 50.3 Å². The van der Waals surface area contributed by atoms with Gasteiger partial charge in [0.25, 0.3) is 0 Å². The highest BCUT2D eigenvalue weighted by Crippen LogP contribution is 2.27. The molecule has 1 rings (SSSR count). The molecule has 0 radical (unpaired) electrons. The molecule has 108 valence electrons. The van der Waals surface area contributed by atoms with E-state index in [9.17, 15) is 8.42 Å². The normalized spacial score (nSPS) is 25.2. The fourth-order valence-electron chi connectivity index (χ4n) is 2.29. The first-order valence-electron chi connectivity index (χ1n) is 6.81. The maximum Gasteiger partial charge on any atom is 0.211 e. The molecule has 6 heteroatoms. The molecule has 0 aromatic heterocycles. The maximum atomic E-state index is 11.9. The summed E-state index contributed by atoms with van der Waals surface area (Å²) in [6, 6.07) is 0.164. The Balaban J connectivity index is 2.24. The largest absolute Gasteiger partial charge is 0.317 e. The van der Waals surface area contributed by atoms with Gasteiger partial charge in [-0.1, -0.05) is 6.92 Å². The summed E-state index contributed by atoms with van der Waals surface area (Å²) in [5, 5.41) is 3.86. The van der Waals surface area contributed by atoms with Crippen molar-refractivity contribution in [2.24, 2.45) is 0 Å². The predicted molar refractivity (Wildman–Crippen MR) is 79.6 cm³/mol. The summed E-state index contributed by atoms with van der Waals surface area (Å²) in [5.41, 5.74) is 0. The van der Waals surface area contributed by atoms with Crippen LogP contribution in [0, 0.1) is 0 Å². The van der Waals surface area contributed by atoms with Crippen molar-refractivity contribution in [3.05, 3.63) is 0 Å². The molecule has 0 atom stereocenters. The minimum absolute atomic E-state index is 0.164. The molecule has 4 nitrogen and oxygen atoms in total. The van der Waals surface area contributed by atoms with E-state index in [1.807, 2.05) is 18.7 Å². The zero-order valence-corrected chi connectivity index (χ0v) is 13.1. The molecule has 0 aromatic rings. The summed E-state index contributed by atoms with van der Waals surface area (Å²) in [7, 11) is -3.08. The summed E-state index contributed by atoms with van der Waals surface area (Å²) in [5.74, 6) is 0.239. The predicted octanol–water partition coefficient (Wildman–Crippen LogP) is 1.58. The molecule has 1 aliphatic rings. The standard InChI is InChI=1S/C12H26N2O2S2/c1-3-13-9-4-10-18(15,16)14-11-5-7-12(17-2)8-6-11/h11-14H,3-10H2,1-2H3. The van der Waals surface area contributed by atoms with Gasteiger partial charge in [-0.3, -0.25) is 0 Å². The second-order valence-electron chi connectivity index (χ2n) is 4.85. The third-order valence-electron chi connectivity index (χ3n) is 3.37. The topological polar surface area (TPSA) is 58.2 Å². The first-order valence-corrected chi connectivity index (χ1v) is 9.75. The van der Waals surface area contributed by atoms with E-state index >= 15 is 0 Å². The Morgan fingerprint density at radius 1 is 1.22 bits per heavy atom. The second-order valence-corrected chi connectivity index (χ2v) is 7.86. The molecular weight excluding hydrogens is 268 g/mol. The van der Waals surface area contributed by atoms with Crippen LogP contribution in [-0.4, -0.2) is 44.8 Å². The lowest BCUT2D eigenvalue weighted by Crippen LogP contribution is -2.39. The summed E-state index contributed by atoms with van der Waals surface area (Å²) >= 11 is 1.90. The quantitative estimate of drug-likeness (QED) is 0.667. The van der Waals surface area contributed by atoms with Gasteiger partial charge in [-0.15, -0.1) is 0 Å². The lowest BCUT2D eigenvalue weighted by Gasteiger charge is -2.27. The van der Waals surface area contributed by atoms with Gasteiger partial charge in [-0.25, -0.2) is 13.1 Å². The van der Waals surface area contributed by atoms with Gasteiger partial charge >= 0.3 is 0 Å². The monoisotopic (exact) mass is 294 g/mol. The molecule has 0 amide bonds. The van der Waals surface area contributed by atoms with E-state index in [1.54, 1.807) is 0 Å². The Morgan fingerprint density at radius 3 is 2.44 bits per heavy atom. The van der Waals surface area contributed by atoms with Crippen LogP contribution >= 0.6 is 11.8 Å². The van der Waals surface area contributed by atoms with Crippen LogP contribution in [0.2, 0.25) is 0 Å². The molecule has 18 heavy (non-hydrogen) atoms. The van der Waals surface area contributed by atoms with Gasteiger partial charge in [-0.2, -0.15) is 11.8 Å². The summed E-state index contributed by atoms with van der Waals surface area (Å²) < 4.78 is 26.6. The van der Waals surface area contributed by atoms with Gasteiger partial charge in [0.1, 0.15) is 0 Å². The Morgan fingerprint density at radius 2 is 1.89 bits per heavy atom. The average Bonchev–Trinajstić information content (AvgIpc) is 2.35. The van der Waals surface area contributed by atoms with Crippen molar-refractivity contribution < 1.29 is 8.42 Å². The maximum absolute atomic E-state index is 11.9. The number of thioether (sulfide) groups is 1. The third-order valence-corrected chi connectivity index (χ3v) is 6.03. The van der Waals surface area contributed by atoms with E-state index < -0.39 is 10.0 Å². The molecule has 0 aliphatic heterocycles. The SMILES string of the molecule is CCNCCCS(=O)(=O)NC1CCC(SC)CC1. The van der Waals surface area contributed by atoms with Crippen molar-refractivity contribution in [3.63, 3.8) is 0 Å². The summed E-state index contributed by atoms with van der Waals surface area (Å²) in [6.07, 6.45) is 7.05. The molecule has 0 bridgehead atoms. The molecule has 1 saturated carbocycles. The Kier molecular flexibility index (Phi) is 7.60. The highest BCUT2D eigenvalue weighted by Gasteiger charge is 2.23. The van der Waals surface area contributed by atoms with E-state index in [0.717, 1.165) is 44.0 Å². The van der Waals surface area contributed by atoms with E-state index in [2.05, 4.69) is 16.3 Å². The lowest BCUT2D eigenvalue weighted by molar-refractivity contribution is 0.419. The Hall–Kier alpha value is 0.220. The highest BCUT2D eigenvalue weighted by molar-refractivity contribution is 7.99. The van der Waals surface area contributed by atoms with Crippen LogP contribution in [0.4, 0.5) is 0 Å². The van der Waals surface area contributed by atoms with E-state index in [0.29, 0.717) is 6.42 Å². The smallest absolute Gasteiger partial charge is 0.211 e. The van der Waals surface area contributed by atoms with Gasteiger partial charge in [0.2, 0.25) is 10.0 Å². The van der Waals surface area contributed by atoms with Gasteiger partial charge in [-0.05, 0) is 51.4 Å². The van der Waals surface area contributed by atoms with Gasteiger partial charge < -0.3 is 5.32 Å². The van der Waals surface area contributed by atoms with E-state index in [1.165, 1.54) is 0 Å². The molecule has 1 fully saturated rings. The molecule has 1 aliphatic carbocycles. The lowest BCUT2D eigenvalue weighted by atomic mass is 9.96. The molecule has 0 aromatic carbocycles. The van der Waals surface area contributed by atoms with Crippen molar-refractivity contribution in [1.82, 2.24) is 10.0 Å². The fourth-order valence-corrected chi connectivity index (χ4v) is 4.42. The van der Waals surface area contributed by atoms with Crippen molar-refractivity contribution in [3.8, 4) is 0 Å². The molecule has 0 unspecified atom stereocenters. The van der Waals surface area contributed by atoms with Gasteiger partial charge in [0.15, 0.2) is 0 Å². The van der Waals surface area contributed by atoms with Crippen molar-refractivity contribution >= 4 is 21.8 Å². The fraction of sp³-hybridized carbons (Fsp3) is 1.00. The van der Waals surface area contributed by atoms with Crippen LogP contribution in [0.5, 0.6) is 0 Å². The van der Waals surface area contributed by atoms with Gasteiger partial charge in [0.05, 0.1) is 5.75 Å². The minimum Gasteiger partial charge on any atom is -0.317 e. The van der Waals surface area contributed by atoms with Crippen LogP contribution in [0.3, 0.4) is 0 Å². The Bertz CT molecular complexity index is 312. The van der Waals surface area contributed by atoms with Crippen LogP contribution in [-0.2, 0) is 10.0 Å². The Labute approximate surface area is 116 Å². The minimum atomic E-state index is -3.08. The van der Waals surface area contributed by atoms with Crippen LogP contribution < -0.4 is 10.0 Å².